The first kappa shape index (κ1) is 23.4. The Labute approximate surface area is 209 Å². The number of hydrogen-bond donors (Lipinski definition) is 1. The van der Waals surface area contributed by atoms with E-state index in [0.29, 0.717) is 22.8 Å². The van der Waals surface area contributed by atoms with Crippen LogP contribution in [0.1, 0.15) is 41.4 Å². The minimum absolute atomic E-state index is 0.119. The molecule has 1 aliphatic heterocycles. The second-order valence-corrected chi connectivity index (χ2v) is 8.67. The summed E-state index contributed by atoms with van der Waals surface area (Å²) in [6, 6.07) is 10.8. The average molecular weight is 485 g/mol. The lowest BCUT2D eigenvalue weighted by Gasteiger charge is -2.32. The molecule has 10 nitrogen and oxygen atoms in total. The van der Waals surface area contributed by atoms with Crippen LogP contribution >= 0.6 is 0 Å². The number of ether oxygens (including phenoxy) is 1. The predicted molar refractivity (Wildman–Crippen MR) is 136 cm³/mol. The molecule has 36 heavy (non-hydrogen) atoms. The Morgan fingerprint density at radius 3 is 2.47 bits per heavy atom. The highest BCUT2D eigenvalue weighted by Gasteiger charge is 2.22. The number of nitrogens with one attached hydrogen (secondary N) is 1. The maximum Gasteiger partial charge on any atom is 0.255 e. The number of anilines is 2. The van der Waals surface area contributed by atoms with E-state index < -0.39 is 0 Å². The van der Waals surface area contributed by atoms with Crippen molar-refractivity contribution < 1.29 is 9.53 Å². The standard InChI is InChI=1S/C26H28N8O2/c1-3-19-14-28-26(29-15-19)33-12-10-22(11-13-33)36-21-6-4-20(5-7-21)25(35)32-23-8-9-24(31-18(23)2)34-17-27-16-30-34/h4-9,14-17,22H,3,10-13H2,1-2H3,(H,32,35). The molecule has 4 heterocycles. The van der Waals surface area contributed by atoms with Crippen LogP contribution in [0, 0.1) is 6.92 Å². The first-order valence-electron chi connectivity index (χ1n) is 12.1. The molecule has 0 atom stereocenters. The third-order valence-electron chi connectivity index (χ3n) is 6.22. The van der Waals surface area contributed by atoms with Gasteiger partial charge < -0.3 is 15.0 Å². The Bertz CT molecular complexity index is 1300. The summed E-state index contributed by atoms with van der Waals surface area (Å²) in [5.41, 5.74) is 3.02. The molecule has 0 bridgehead atoms. The van der Waals surface area contributed by atoms with Gasteiger partial charge in [-0.05, 0) is 55.3 Å². The molecule has 0 unspecified atom stereocenters. The molecule has 184 valence electrons. The second kappa shape index (κ2) is 10.5. The fourth-order valence-electron chi connectivity index (χ4n) is 4.07. The summed E-state index contributed by atoms with van der Waals surface area (Å²) < 4.78 is 7.74. The highest BCUT2D eigenvalue weighted by Crippen LogP contribution is 2.22. The highest BCUT2D eigenvalue weighted by atomic mass is 16.5. The minimum atomic E-state index is -0.206. The summed E-state index contributed by atoms with van der Waals surface area (Å²) in [6.45, 7) is 5.63. The number of carbonyl (C=O) groups excluding carboxylic acids is 1. The van der Waals surface area contributed by atoms with E-state index in [2.05, 4.69) is 42.2 Å². The van der Waals surface area contributed by atoms with Crippen LogP contribution in [0.15, 0.2) is 61.4 Å². The number of piperidine rings is 1. The number of hydrogen-bond acceptors (Lipinski definition) is 8. The van der Waals surface area contributed by atoms with Gasteiger partial charge in [0, 0.05) is 43.9 Å². The summed E-state index contributed by atoms with van der Waals surface area (Å²) in [7, 11) is 0. The molecule has 0 spiro atoms. The van der Waals surface area contributed by atoms with E-state index in [1.165, 1.54) is 6.33 Å². The van der Waals surface area contributed by atoms with Gasteiger partial charge in [-0.2, -0.15) is 5.10 Å². The Kier molecular flexibility index (Phi) is 6.83. The van der Waals surface area contributed by atoms with Gasteiger partial charge in [0.1, 0.15) is 24.5 Å². The molecular formula is C26H28N8O2. The van der Waals surface area contributed by atoms with Gasteiger partial charge in [0.15, 0.2) is 5.82 Å². The lowest BCUT2D eigenvalue weighted by molar-refractivity contribution is 0.102. The zero-order chi connectivity index (χ0) is 24.9. The maximum atomic E-state index is 12.8. The molecule has 1 amide bonds. The van der Waals surface area contributed by atoms with Crippen molar-refractivity contribution >= 4 is 17.5 Å². The van der Waals surface area contributed by atoms with E-state index in [0.717, 1.165) is 49.6 Å². The summed E-state index contributed by atoms with van der Waals surface area (Å²) in [5.74, 6) is 1.96. The number of aryl methyl sites for hydroxylation is 2. The zero-order valence-corrected chi connectivity index (χ0v) is 20.3. The van der Waals surface area contributed by atoms with Gasteiger partial charge in [-0.1, -0.05) is 6.92 Å². The van der Waals surface area contributed by atoms with Crippen molar-refractivity contribution in [2.75, 3.05) is 23.3 Å². The number of carbonyl (C=O) groups is 1. The molecule has 3 aromatic heterocycles. The van der Waals surface area contributed by atoms with E-state index in [1.54, 1.807) is 29.2 Å². The highest BCUT2D eigenvalue weighted by molar-refractivity contribution is 6.04. The molecule has 1 saturated heterocycles. The van der Waals surface area contributed by atoms with Crippen LogP contribution in [-0.4, -0.2) is 54.8 Å². The number of pyridine rings is 1. The van der Waals surface area contributed by atoms with Gasteiger partial charge in [-0.15, -0.1) is 0 Å². The summed E-state index contributed by atoms with van der Waals surface area (Å²) in [6.07, 6.45) is 9.65. The first-order chi connectivity index (χ1) is 17.6. The molecule has 10 heteroatoms. The Hall–Kier alpha value is -4.34. The Balaban J connectivity index is 1.14. The van der Waals surface area contributed by atoms with Crippen molar-refractivity contribution in [3.8, 4) is 11.6 Å². The molecule has 5 rings (SSSR count). The third-order valence-corrected chi connectivity index (χ3v) is 6.22. The largest absolute Gasteiger partial charge is 0.490 e. The molecule has 0 aliphatic carbocycles. The van der Waals surface area contributed by atoms with Crippen molar-refractivity contribution in [3.05, 3.63) is 78.3 Å². The molecular weight excluding hydrogens is 456 g/mol. The average Bonchev–Trinajstić information content (AvgIpc) is 3.46. The lowest BCUT2D eigenvalue weighted by atomic mass is 10.1. The Morgan fingerprint density at radius 1 is 1.08 bits per heavy atom. The molecule has 1 aromatic carbocycles. The van der Waals surface area contributed by atoms with Crippen molar-refractivity contribution in [2.24, 2.45) is 0 Å². The number of nitrogens with zero attached hydrogens (tertiary/aromatic N) is 7. The van der Waals surface area contributed by atoms with Gasteiger partial charge in [0.25, 0.3) is 5.91 Å². The van der Waals surface area contributed by atoms with Crippen molar-refractivity contribution in [2.45, 2.75) is 39.2 Å². The number of aromatic nitrogens is 6. The van der Waals surface area contributed by atoms with E-state index in [-0.39, 0.29) is 12.0 Å². The van der Waals surface area contributed by atoms with E-state index >= 15 is 0 Å². The summed E-state index contributed by atoms with van der Waals surface area (Å²) in [5, 5.41) is 7.00. The van der Waals surface area contributed by atoms with Crippen LogP contribution < -0.4 is 15.0 Å². The summed E-state index contributed by atoms with van der Waals surface area (Å²) >= 11 is 0. The summed E-state index contributed by atoms with van der Waals surface area (Å²) in [4.78, 5) is 32.4. The van der Waals surface area contributed by atoms with Crippen LogP contribution in [0.25, 0.3) is 5.82 Å². The second-order valence-electron chi connectivity index (χ2n) is 8.67. The topological polar surface area (TPSA) is 111 Å². The normalized spacial score (nSPS) is 14.0. The molecule has 1 N–H and O–H groups in total. The number of benzene rings is 1. The fourth-order valence-corrected chi connectivity index (χ4v) is 4.07. The molecule has 4 aromatic rings. The van der Waals surface area contributed by atoms with E-state index in [4.69, 9.17) is 4.74 Å². The zero-order valence-electron chi connectivity index (χ0n) is 20.3. The molecule has 0 saturated carbocycles. The fraction of sp³-hybridized carbons (Fsp3) is 0.308. The minimum Gasteiger partial charge on any atom is -0.490 e. The van der Waals surface area contributed by atoms with Crippen LogP contribution in [-0.2, 0) is 6.42 Å². The van der Waals surface area contributed by atoms with Crippen LogP contribution in [0.3, 0.4) is 0 Å². The lowest BCUT2D eigenvalue weighted by Crippen LogP contribution is -2.39. The van der Waals surface area contributed by atoms with E-state index in [9.17, 15) is 4.79 Å². The SMILES string of the molecule is CCc1cnc(N2CCC(Oc3ccc(C(=O)Nc4ccc(-n5cncn5)nc4C)cc3)CC2)nc1. The monoisotopic (exact) mass is 484 g/mol. The van der Waals surface area contributed by atoms with Gasteiger partial charge in [0.2, 0.25) is 5.95 Å². The van der Waals surface area contributed by atoms with Crippen LogP contribution in [0.4, 0.5) is 11.6 Å². The maximum absolute atomic E-state index is 12.8. The molecule has 1 aliphatic rings. The quantitative estimate of drug-likeness (QED) is 0.423. The van der Waals surface area contributed by atoms with Crippen molar-refractivity contribution in [1.82, 2.24) is 29.7 Å². The van der Waals surface area contributed by atoms with Gasteiger partial charge in [-0.25, -0.2) is 24.6 Å². The van der Waals surface area contributed by atoms with Gasteiger partial charge in [0.05, 0.1) is 11.4 Å². The van der Waals surface area contributed by atoms with E-state index in [1.807, 2.05) is 37.5 Å². The number of rotatable bonds is 7. The van der Waals surface area contributed by atoms with Crippen LogP contribution in [0.5, 0.6) is 5.75 Å². The predicted octanol–water partition coefficient (Wildman–Crippen LogP) is 3.62. The molecule has 0 radical (unpaired) electrons. The van der Waals surface area contributed by atoms with Gasteiger partial charge in [-0.3, -0.25) is 4.79 Å². The van der Waals surface area contributed by atoms with Gasteiger partial charge >= 0.3 is 0 Å². The van der Waals surface area contributed by atoms with Crippen molar-refractivity contribution in [3.63, 3.8) is 0 Å². The van der Waals surface area contributed by atoms with Crippen LogP contribution in [0.2, 0.25) is 0 Å². The third kappa shape index (κ3) is 5.32. The first-order valence-corrected chi connectivity index (χ1v) is 12.1. The number of amides is 1. The molecule has 1 fully saturated rings. The smallest absolute Gasteiger partial charge is 0.255 e. The Morgan fingerprint density at radius 2 is 1.83 bits per heavy atom. The van der Waals surface area contributed by atoms with Crippen molar-refractivity contribution in [1.29, 1.82) is 0 Å².